The second-order valence-electron chi connectivity index (χ2n) is 12.0. The zero-order chi connectivity index (χ0) is 24.8. The Morgan fingerprint density at radius 2 is 1.94 bits per heavy atom. The predicted molar refractivity (Wildman–Crippen MR) is 131 cm³/mol. The molecule has 0 heterocycles. The number of hydrogen-bond acceptors (Lipinski definition) is 4. The van der Waals surface area contributed by atoms with Crippen molar-refractivity contribution in [1.82, 2.24) is 0 Å². The Labute approximate surface area is 209 Å². The average molecular weight is 497 g/mol. The Bertz CT molecular complexity index is 842. The van der Waals surface area contributed by atoms with Crippen molar-refractivity contribution in [1.29, 1.82) is 0 Å². The van der Waals surface area contributed by atoms with E-state index in [9.17, 15) is 14.7 Å². The van der Waals surface area contributed by atoms with Crippen molar-refractivity contribution in [3.8, 4) is 0 Å². The second kappa shape index (κ2) is 9.84. The van der Waals surface area contributed by atoms with Crippen LogP contribution in [0.5, 0.6) is 0 Å². The molecule has 6 heteroatoms. The first-order chi connectivity index (χ1) is 16.1. The van der Waals surface area contributed by atoms with E-state index in [0.29, 0.717) is 24.8 Å². The van der Waals surface area contributed by atoms with Gasteiger partial charge in [0.05, 0.1) is 11.1 Å². The minimum Gasteiger partial charge on any atom is -0.462 e. The molecule has 4 aliphatic carbocycles. The molecule has 4 nitrogen and oxygen atoms in total. The molecule has 0 unspecified atom stereocenters. The van der Waals surface area contributed by atoms with E-state index in [4.69, 9.17) is 16.3 Å². The van der Waals surface area contributed by atoms with Crippen LogP contribution in [-0.2, 0) is 14.3 Å². The Kier molecular flexibility index (Phi) is 7.56. The summed E-state index contributed by atoms with van der Waals surface area (Å²) in [7, 11) is 0. The number of Topliss-reactive ketones (excluding diaryl/α,β-unsaturated/α-hetero) is 1. The molecular formula is C28H42ClFO4. The maximum absolute atomic E-state index is 15.8. The highest BCUT2D eigenvalue weighted by Gasteiger charge is 2.67. The molecule has 0 amide bonds. The summed E-state index contributed by atoms with van der Waals surface area (Å²) in [6, 6.07) is 0. The van der Waals surface area contributed by atoms with Gasteiger partial charge in [-0.15, -0.1) is 0 Å². The van der Waals surface area contributed by atoms with E-state index in [-0.39, 0.29) is 58.4 Å². The van der Waals surface area contributed by atoms with E-state index in [1.165, 1.54) is 26.2 Å². The van der Waals surface area contributed by atoms with Crippen LogP contribution in [0, 0.1) is 34.5 Å². The molecule has 192 valence electrons. The van der Waals surface area contributed by atoms with Gasteiger partial charge >= 0.3 is 5.97 Å². The summed E-state index contributed by atoms with van der Waals surface area (Å²) in [5, 5.41) is 11.8. The van der Waals surface area contributed by atoms with Crippen molar-refractivity contribution in [2.24, 2.45) is 34.5 Å². The number of aliphatic hydroxyl groups is 1. The van der Waals surface area contributed by atoms with E-state index < -0.39 is 17.7 Å². The number of alkyl halides is 1. The number of carbonyl (C=O) groups excluding carboxylic acids is 2. The van der Waals surface area contributed by atoms with Gasteiger partial charge in [0, 0.05) is 18.8 Å². The molecule has 0 saturated heterocycles. The van der Waals surface area contributed by atoms with Gasteiger partial charge in [0.25, 0.3) is 0 Å². The Balaban J connectivity index is 1.71. The van der Waals surface area contributed by atoms with E-state index in [1.54, 1.807) is 0 Å². The van der Waals surface area contributed by atoms with Crippen LogP contribution in [0.4, 0.5) is 4.39 Å². The molecule has 0 spiro atoms. The zero-order valence-corrected chi connectivity index (χ0v) is 22.0. The number of aliphatic hydroxyl groups excluding tert-OH is 1. The quantitative estimate of drug-likeness (QED) is 0.322. The molecule has 0 aromatic rings. The molecule has 4 aliphatic rings. The first-order valence-electron chi connectivity index (χ1n) is 13.5. The van der Waals surface area contributed by atoms with Crippen molar-refractivity contribution in [3.63, 3.8) is 0 Å². The number of allylic oxidation sites excluding steroid dienone is 1. The zero-order valence-electron chi connectivity index (χ0n) is 21.2. The first-order valence-corrected chi connectivity index (χ1v) is 13.9. The fraction of sp³-hybridized carbons (Fsp3) is 0.857. The summed E-state index contributed by atoms with van der Waals surface area (Å²) in [5.41, 5.74) is -0.493. The lowest BCUT2D eigenvalue weighted by Crippen LogP contribution is -2.60. The van der Waals surface area contributed by atoms with Gasteiger partial charge in [-0.05, 0) is 66.8 Å². The number of hydrogen-bond donors (Lipinski definition) is 1. The van der Waals surface area contributed by atoms with Crippen molar-refractivity contribution in [2.75, 3.05) is 0 Å². The van der Waals surface area contributed by atoms with Gasteiger partial charge in [0.15, 0.2) is 5.78 Å². The average Bonchev–Trinajstić information content (AvgIpc) is 3.02. The number of fused-ring (bicyclic) bond motifs is 5. The van der Waals surface area contributed by atoms with Crippen LogP contribution in [0.15, 0.2) is 10.6 Å². The number of ketones is 1. The lowest BCUT2D eigenvalue weighted by atomic mass is 9.45. The molecule has 9 atom stereocenters. The number of esters is 1. The second-order valence-corrected chi connectivity index (χ2v) is 12.4. The van der Waals surface area contributed by atoms with Gasteiger partial charge in [0.2, 0.25) is 0 Å². The molecule has 4 rings (SSSR count). The number of unbranched alkanes of at least 4 members (excludes halogenated alkanes) is 4. The fourth-order valence-corrected chi connectivity index (χ4v) is 9.21. The lowest BCUT2D eigenvalue weighted by molar-refractivity contribution is -0.179. The maximum atomic E-state index is 15.8. The van der Waals surface area contributed by atoms with Crippen LogP contribution in [0.25, 0.3) is 0 Å². The van der Waals surface area contributed by atoms with E-state index in [0.717, 1.165) is 25.7 Å². The van der Waals surface area contributed by atoms with Crippen LogP contribution < -0.4 is 0 Å². The smallest absolute Gasteiger partial charge is 0.302 e. The predicted octanol–water partition coefficient (Wildman–Crippen LogP) is 6.52. The summed E-state index contributed by atoms with van der Waals surface area (Å²) in [4.78, 5) is 24.4. The molecular weight excluding hydrogens is 455 g/mol. The largest absolute Gasteiger partial charge is 0.462 e. The number of ether oxygens (including phenoxy) is 1. The number of rotatable bonds is 7. The highest BCUT2D eigenvalue weighted by Crippen LogP contribution is 2.68. The maximum Gasteiger partial charge on any atom is 0.302 e. The Morgan fingerprint density at radius 3 is 2.62 bits per heavy atom. The Hall–Kier alpha value is -0.940. The van der Waals surface area contributed by atoms with E-state index in [2.05, 4.69) is 13.8 Å². The van der Waals surface area contributed by atoms with Gasteiger partial charge in [-0.2, -0.15) is 0 Å². The minimum absolute atomic E-state index is 0.0104. The van der Waals surface area contributed by atoms with Crippen LogP contribution >= 0.6 is 11.6 Å². The van der Waals surface area contributed by atoms with Crippen molar-refractivity contribution >= 4 is 23.4 Å². The van der Waals surface area contributed by atoms with E-state index >= 15 is 4.39 Å². The molecule has 0 aliphatic heterocycles. The first kappa shape index (κ1) is 26.1. The van der Waals surface area contributed by atoms with Gasteiger partial charge in [-0.1, -0.05) is 64.5 Å². The molecule has 34 heavy (non-hydrogen) atoms. The Morgan fingerprint density at radius 1 is 1.24 bits per heavy atom. The van der Waals surface area contributed by atoms with Crippen LogP contribution in [-0.4, -0.2) is 35.2 Å². The molecule has 1 N–H and O–H groups in total. The topological polar surface area (TPSA) is 63.6 Å². The standard InChI is InChI=1S/C28H42ClFO4/c1-5-6-7-8-9-11-28-15-22(33)23-18(19(28)13-16(2)26(28)34-17(3)31)14-20(30)24-25(29)21(32)10-12-27(23,24)4/h16,18-20,22-23,26,33H,5-15H2,1-4H3/t16-,18-,19-,20-,22-,23+,26+,27+,28-/m0/s1. The summed E-state index contributed by atoms with van der Waals surface area (Å²) >= 11 is 6.41. The highest BCUT2D eigenvalue weighted by molar-refractivity contribution is 6.43. The van der Waals surface area contributed by atoms with Gasteiger partial charge in [0.1, 0.15) is 12.3 Å². The third kappa shape index (κ3) is 4.17. The molecule has 0 aromatic carbocycles. The van der Waals surface area contributed by atoms with E-state index in [1.807, 2.05) is 6.92 Å². The summed E-state index contributed by atoms with van der Waals surface area (Å²) in [6.45, 7) is 7.83. The molecule has 3 saturated carbocycles. The van der Waals surface area contributed by atoms with Gasteiger partial charge < -0.3 is 9.84 Å². The molecule has 0 aromatic heterocycles. The number of carbonyl (C=O) groups is 2. The molecule has 0 radical (unpaired) electrons. The third-order valence-corrected chi connectivity index (χ3v) is 10.4. The normalized spacial score (nSPS) is 43.9. The number of halogens is 2. The lowest BCUT2D eigenvalue weighted by Gasteiger charge is -2.61. The summed E-state index contributed by atoms with van der Waals surface area (Å²) in [6.07, 6.45) is 7.09. The van der Waals surface area contributed by atoms with Gasteiger partial charge in [-0.25, -0.2) is 4.39 Å². The van der Waals surface area contributed by atoms with Crippen molar-refractivity contribution in [2.45, 2.75) is 117 Å². The molecule has 0 bridgehead atoms. The molecule has 3 fully saturated rings. The van der Waals surface area contributed by atoms with Crippen LogP contribution in [0.1, 0.15) is 98.3 Å². The van der Waals surface area contributed by atoms with Crippen LogP contribution in [0.2, 0.25) is 0 Å². The van der Waals surface area contributed by atoms with Gasteiger partial charge in [-0.3, -0.25) is 9.59 Å². The van der Waals surface area contributed by atoms with Crippen LogP contribution in [0.3, 0.4) is 0 Å². The monoisotopic (exact) mass is 496 g/mol. The highest BCUT2D eigenvalue weighted by atomic mass is 35.5. The van der Waals surface area contributed by atoms with Crippen molar-refractivity contribution in [3.05, 3.63) is 10.6 Å². The van der Waals surface area contributed by atoms with Crippen molar-refractivity contribution < 1.29 is 23.8 Å². The summed E-state index contributed by atoms with van der Waals surface area (Å²) in [5.74, 6) is -0.219. The summed E-state index contributed by atoms with van der Waals surface area (Å²) < 4.78 is 21.8. The SMILES string of the molecule is CCCCCCC[C@]12C[C@H](O)[C@H]3[C@@H](C[C@H](F)C4=C(Cl)C(=O)CC[C@@]43C)[C@@H]1C[C@H](C)[C@H]2OC(C)=O. The minimum atomic E-state index is -1.27. The fourth-order valence-electron chi connectivity index (χ4n) is 8.78. The third-order valence-electron chi connectivity index (χ3n) is 9.96.